The van der Waals surface area contributed by atoms with Crippen molar-refractivity contribution in [3.05, 3.63) is 0 Å². The smallest absolute Gasteiger partial charge is 0.0223 e. The van der Waals surface area contributed by atoms with Crippen LogP contribution in [0.2, 0.25) is 0 Å². The lowest BCUT2D eigenvalue weighted by atomic mass is 10.1. The predicted molar refractivity (Wildman–Crippen MR) is 76.7 cm³/mol. The van der Waals surface area contributed by atoms with E-state index >= 15 is 0 Å². The van der Waals surface area contributed by atoms with E-state index in [0.29, 0.717) is 0 Å². The summed E-state index contributed by atoms with van der Waals surface area (Å²) in [7, 11) is 0. The topological polar surface area (TPSA) is 15.3 Å². The van der Waals surface area contributed by atoms with E-state index in [1.165, 1.54) is 71.1 Å². The summed E-state index contributed by atoms with van der Waals surface area (Å²) in [4.78, 5) is 2.81. The molecule has 0 aromatic carbocycles. The van der Waals surface area contributed by atoms with Crippen molar-refractivity contribution in [1.82, 2.24) is 10.2 Å². The molecule has 0 spiro atoms. The van der Waals surface area contributed by atoms with Crippen molar-refractivity contribution in [2.24, 2.45) is 17.8 Å². The molecule has 3 fully saturated rings. The Bertz CT molecular complexity index is 240. The van der Waals surface area contributed by atoms with Crippen LogP contribution in [-0.2, 0) is 0 Å². The molecular formula is C16H30N2. The molecule has 0 heterocycles. The number of hydrogen-bond acceptors (Lipinski definition) is 2. The molecule has 2 heteroatoms. The Balaban J connectivity index is 1.47. The van der Waals surface area contributed by atoms with Crippen LogP contribution in [0, 0.1) is 17.8 Å². The molecule has 3 rings (SSSR count). The van der Waals surface area contributed by atoms with Crippen LogP contribution < -0.4 is 5.32 Å². The van der Waals surface area contributed by atoms with Gasteiger partial charge in [0.15, 0.2) is 0 Å². The second-order valence-electron chi connectivity index (χ2n) is 7.00. The van der Waals surface area contributed by atoms with Crippen molar-refractivity contribution < 1.29 is 0 Å². The molecule has 0 amide bonds. The maximum Gasteiger partial charge on any atom is 0.0223 e. The van der Waals surface area contributed by atoms with Crippen LogP contribution >= 0.6 is 0 Å². The maximum atomic E-state index is 3.81. The Labute approximate surface area is 113 Å². The molecule has 18 heavy (non-hydrogen) atoms. The summed E-state index contributed by atoms with van der Waals surface area (Å²) in [6, 6.07) is 0.794. The first-order chi connectivity index (χ1) is 8.85. The van der Waals surface area contributed by atoms with E-state index < -0.39 is 0 Å². The lowest BCUT2D eigenvalue weighted by Gasteiger charge is -2.28. The fourth-order valence-corrected chi connectivity index (χ4v) is 3.04. The molecular weight excluding hydrogens is 220 g/mol. The Kier molecular flexibility index (Phi) is 4.25. The molecule has 3 aliphatic carbocycles. The summed E-state index contributed by atoms with van der Waals surface area (Å²) in [6.45, 7) is 7.61. The van der Waals surface area contributed by atoms with E-state index in [1.807, 2.05) is 0 Å². The van der Waals surface area contributed by atoms with Crippen LogP contribution in [0.5, 0.6) is 0 Å². The minimum atomic E-state index is 0.794. The van der Waals surface area contributed by atoms with Gasteiger partial charge < -0.3 is 10.2 Å². The van der Waals surface area contributed by atoms with Gasteiger partial charge in [-0.1, -0.05) is 6.92 Å². The van der Waals surface area contributed by atoms with Gasteiger partial charge in [-0.3, -0.25) is 0 Å². The van der Waals surface area contributed by atoms with Gasteiger partial charge in [0.2, 0.25) is 0 Å². The first-order valence-electron chi connectivity index (χ1n) is 8.31. The number of nitrogens with one attached hydrogen (secondary N) is 1. The molecule has 3 aliphatic rings. The van der Waals surface area contributed by atoms with Crippen molar-refractivity contribution >= 4 is 0 Å². The van der Waals surface area contributed by atoms with Gasteiger partial charge in [-0.05, 0) is 69.2 Å². The lowest BCUT2D eigenvalue weighted by molar-refractivity contribution is 0.215. The zero-order valence-electron chi connectivity index (χ0n) is 12.0. The molecule has 104 valence electrons. The van der Waals surface area contributed by atoms with Crippen molar-refractivity contribution in [3.8, 4) is 0 Å². The van der Waals surface area contributed by atoms with Crippen molar-refractivity contribution in [1.29, 1.82) is 0 Å². The van der Waals surface area contributed by atoms with Crippen molar-refractivity contribution in [2.45, 2.75) is 57.9 Å². The summed E-state index contributed by atoms with van der Waals surface area (Å²) < 4.78 is 0. The first kappa shape index (κ1) is 12.9. The number of hydrogen-bond donors (Lipinski definition) is 1. The highest BCUT2D eigenvalue weighted by molar-refractivity contribution is 4.91. The number of rotatable bonds is 10. The summed E-state index contributed by atoms with van der Waals surface area (Å²) >= 11 is 0. The first-order valence-corrected chi connectivity index (χ1v) is 8.31. The molecule has 0 saturated heterocycles. The largest absolute Gasteiger partial charge is 0.312 e. The Morgan fingerprint density at radius 3 is 2.06 bits per heavy atom. The van der Waals surface area contributed by atoms with Crippen molar-refractivity contribution in [2.75, 3.05) is 26.2 Å². The summed E-state index contributed by atoms with van der Waals surface area (Å²) in [5.74, 6) is 3.10. The molecule has 0 aromatic rings. The molecule has 2 nitrogen and oxygen atoms in total. The van der Waals surface area contributed by atoms with Gasteiger partial charge >= 0.3 is 0 Å². The quantitative estimate of drug-likeness (QED) is 0.641. The summed E-state index contributed by atoms with van der Waals surface area (Å²) in [5, 5.41) is 3.81. The van der Waals surface area contributed by atoms with Gasteiger partial charge in [0.25, 0.3) is 0 Å². The fraction of sp³-hybridized carbons (Fsp3) is 1.00. The van der Waals surface area contributed by atoms with Crippen LogP contribution in [0.25, 0.3) is 0 Å². The van der Waals surface area contributed by atoms with E-state index in [0.717, 1.165) is 23.8 Å². The standard InChI is InChI=1S/C16H30N2/c1-2-9-17-16(15-7-8-15)12-18(10-13-3-4-13)11-14-5-6-14/h13-17H,2-12H2,1H3. The van der Waals surface area contributed by atoms with E-state index in [-0.39, 0.29) is 0 Å². The normalized spacial score (nSPS) is 25.7. The molecule has 1 unspecified atom stereocenters. The highest BCUT2D eigenvalue weighted by Gasteiger charge is 2.35. The summed E-state index contributed by atoms with van der Waals surface area (Å²) in [5.41, 5.74) is 0. The van der Waals surface area contributed by atoms with Crippen molar-refractivity contribution in [3.63, 3.8) is 0 Å². The zero-order valence-corrected chi connectivity index (χ0v) is 12.0. The fourth-order valence-electron chi connectivity index (χ4n) is 3.04. The second-order valence-corrected chi connectivity index (χ2v) is 7.00. The third-order valence-corrected chi connectivity index (χ3v) is 4.73. The molecule has 0 aliphatic heterocycles. The Morgan fingerprint density at radius 1 is 1.00 bits per heavy atom. The Morgan fingerprint density at radius 2 is 1.61 bits per heavy atom. The van der Waals surface area contributed by atoms with Gasteiger partial charge in [0.05, 0.1) is 0 Å². The average molecular weight is 250 g/mol. The third kappa shape index (κ3) is 4.24. The van der Waals surface area contributed by atoms with Crippen LogP contribution in [0.1, 0.15) is 51.9 Å². The van der Waals surface area contributed by atoms with E-state index in [4.69, 9.17) is 0 Å². The molecule has 0 aromatic heterocycles. The molecule has 1 N–H and O–H groups in total. The highest BCUT2D eigenvalue weighted by atomic mass is 15.2. The van der Waals surface area contributed by atoms with Crippen LogP contribution in [-0.4, -0.2) is 37.1 Å². The molecule has 0 bridgehead atoms. The third-order valence-electron chi connectivity index (χ3n) is 4.73. The SMILES string of the molecule is CCCNC(CN(CC1CC1)CC1CC1)C1CC1. The van der Waals surface area contributed by atoms with Gasteiger partial charge in [-0.15, -0.1) is 0 Å². The van der Waals surface area contributed by atoms with E-state index in [9.17, 15) is 0 Å². The highest BCUT2D eigenvalue weighted by Crippen LogP contribution is 2.36. The van der Waals surface area contributed by atoms with Crippen LogP contribution in [0.4, 0.5) is 0 Å². The van der Waals surface area contributed by atoms with E-state index in [1.54, 1.807) is 0 Å². The van der Waals surface area contributed by atoms with Gasteiger partial charge in [0, 0.05) is 25.7 Å². The van der Waals surface area contributed by atoms with Gasteiger partial charge in [-0.25, -0.2) is 0 Å². The molecule has 0 radical (unpaired) electrons. The maximum absolute atomic E-state index is 3.81. The van der Waals surface area contributed by atoms with Gasteiger partial charge in [-0.2, -0.15) is 0 Å². The van der Waals surface area contributed by atoms with E-state index in [2.05, 4.69) is 17.1 Å². The average Bonchev–Trinajstić information content (AvgIpc) is 3.21. The molecule has 3 saturated carbocycles. The lowest BCUT2D eigenvalue weighted by Crippen LogP contribution is -2.44. The van der Waals surface area contributed by atoms with Crippen LogP contribution in [0.3, 0.4) is 0 Å². The van der Waals surface area contributed by atoms with Gasteiger partial charge in [0.1, 0.15) is 0 Å². The molecule has 1 atom stereocenters. The number of nitrogens with zero attached hydrogens (tertiary/aromatic N) is 1. The summed E-state index contributed by atoms with van der Waals surface area (Å²) in [6.07, 6.45) is 10.2. The minimum Gasteiger partial charge on any atom is -0.312 e. The zero-order chi connectivity index (χ0) is 12.4. The second kappa shape index (κ2) is 5.92. The van der Waals surface area contributed by atoms with Crippen LogP contribution in [0.15, 0.2) is 0 Å². The monoisotopic (exact) mass is 250 g/mol. The Hall–Kier alpha value is -0.0800. The minimum absolute atomic E-state index is 0.794. The predicted octanol–water partition coefficient (Wildman–Crippen LogP) is 2.89.